The summed E-state index contributed by atoms with van der Waals surface area (Å²) in [5.41, 5.74) is 8.60. The van der Waals surface area contributed by atoms with Crippen LogP contribution < -0.4 is 15.2 Å². The number of halogens is 1. The highest BCUT2D eigenvalue weighted by Gasteiger charge is 2.14. The second-order valence-electron chi connectivity index (χ2n) is 5.17. The van der Waals surface area contributed by atoms with Crippen molar-refractivity contribution in [3.05, 3.63) is 58.6 Å². The lowest BCUT2D eigenvalue weighted by Gasteiger charge is -2.20. The summed E-state index contributed by atoms with van der Waals surface area (Å²) in [6, 6.07) is 13.8. The minimum Gasteiger partial charge on any atom is -0.486 e. The minimum atomic E-state index is -0.0171. The van der Waals surface area contributed by atoms with E-state index in [1.807, 2.05) is 42.5 Å². The van der Waals surface area contributed by atoms with E-state index in [-0.39, 0.29) is 6.04 Å². The fourth-order valence-electron chi connectivity index (χ4n) is 2.43. The fraction of sp³-hybridized carbons (Fsp3) is 0.294. The Morgan fingerprint density at radius 1 is 1.00 bits per heavy atom. The number of hydrogen-bond acceptors (Lipinski definition) is 3. The molecule has 2 N–H and O–H groups in total. The molecule has 2 aromatic carbocycles. The Bertz CT molecular complexity index is 613. The minimum absolute atomic E-state index is 0.0171. The summed E-state index contributed by atoms with van der Waals surface area (Å²) in [6.45, 7) is 1.20. The van der Waals surface area contributed by atoms with Gasteiger partial charge in [-0.05, 0) is 48.2 Å². The first-order chi connectivity index (χ1) is 10.2. The topological polar surface area (TPSA) is 44.5 Å². The maximum absolute atomic E-state index is 6.28. The van der Waals surface area contributed by atoms with Gasteiger partial charge < -0.3 is 15.2 Å². The smallest absolute Gasteiger partial charge is 0.161 e. The van der Waals surface area contributed by atoms with Crippen molar-refractivity contribution in [2.45, 2.75) is 18.9 Å². The molecule has 2 aromatic rings. The Labute approximate surface area is 129 Å². The van der Waals surface area contributed by atoms with Crippen LogP contribution in [0.5, 0.6) is 11.5 Å². The molecule has 3 rings (SSSR count). The first kappa shape index (κ1) is 14.2. The molecule has 0 bridgehead atoms. The van der Waals surface area contributed by atoms with Crippen molar-refractivity contribution in [2.75, 3.05) is 13.2 Å². The quantitative estimate of drug-likeness (QED) is 0.935. The first-order valence-electron chi connectivity index (χ1n) is 7.12. The normalized spacial score (nSPS) is 14.8. The van der Waals surface area contributed by atoms with Crippen LogP contribution in [0, 0.1) is 0 Å². The van der Waals surface area contributed by atoms with E-state index >= 15 is 0 Å². The molecule has 1 unspecified atom stereocenters. The summed E-state index contributed by atoms with van der Waals surface area (Å²) in [5, 5.41) is 0.759. The molecular weight excluding hydrogens is 286 g/mol. The van der Waals surface area contributed by atoms with Gasteiger partial charge in [0.1, 0.15) is 13.2 Å². The Hall–Kier alpha value is -1.71. The molecule has 1 atom stereocenters. The molecule has 1 aliphatic heterocycles. The summed E-state index contributed by atoms with van der Waals surface area (Å²) in [4.78, 5) is 0. The van der Waals surface area contributed by atoms with Crippen LogP contribution >= 0.6 is 11.6 Å². The third-order valence-corrected chi connectivity index (χ3v) is 3.90. The Morgan fingerprint density at radius 3 is 2.48 bits per heavy atom. The zero-order valence-electron chi connectivity index (χ0n) is 11.7. The lowest BCUT2D eigenvalue weighted by atomic mass is 9.99. The number of ether oxygens (including phenoxy) is 2. The second-order valence-corrected chi connectivity index (χ2v) is 5.61. The number of aryl methyl sites for hydroxylation is 1. The van der Waals surface area contributed by atoms with Crippen LogP contribution in [0.15, 0.2) is 42.5 Å². The van der Waals surface area contributed by atoms with Gasteiger partial charge in [-0.2, -0.15) is 0 Å². The molecule has 0 spiro atoms. The molecule has 0 saturated carbocycles. The molecule has 3 nitrogen and oxygen atoms in total. The number of rotatable bonds is 4. The molecule has 1 heterocycles. The molecule has 0 fully saturated rings. The van der Waals surface area contributed by atoms with E-state index < -0.39 is 0 Å². The van der Waals surface area contributed by atoms with Gasteiger partial charge in [0.25, 0.3) is 0 Å². The zero-order chi connectivity index (χ0) is 14.7. The Balaban J connectivity index is 1.65. The maximum Gasteiger partial charge on any atom is 0.161 e. The summed E-state index contributed by atoms with van der Waals surface area (Å²) < 4.78 is 11.1. The number of hydrogen-bond donors (Lipinski definition) is 1. The third-order valence-electron chi connectivity index (χ3n) is 3.65. The van der Waals surface area contributed by atoms with Gasteiger partial charge in [-0.25, -0.2) is 0 Å². The molecule has 0 radical (unpaired) electrons. The van der Waals surface area contributed by atoms with Crippen molar-refractivity contribution < 1.29 is 9.47 Å². The fourth-order valence-corrected chi connectivity index (χ4v) is 2.56. The maximum atomic E-state index is 6.28. The van der Waals surface area contributed by atoms with E-state index in [4.69, 9.17) is 26.8 Å². The van der Waals surface area contributed by atoms with Crippen molar-refractivity contribution in [3.63, 3.8) is 0 Å². The lowest BCUT2D eigenvalue weighted by molar-refractivity contribution is 0.171. The third kappa shape index (κ3) is 3.49. The molecule has 0 aromatic heterocycles. The first-order valence-corrected chi connectivity index (χ1v) is 7.50. The van der Waals surface area contributed by atoms with E-state index in [0.717, 1.165) is 34.9 Å². The molecule has 110 valence electrons. The number of nitrogens with two attached hydrogens (primary N) is 1. The van der Waals surface area contributed by atoms with Crippen molar-refractivity contribution in [3.8, 4) is 11.5 Å². The molecule has 0 aliphatic carbocycles. The van der Waals surface area contributed by atoms with Gasteiger partial charge in [-0.1, -0.05) is 29.8 Å². The molecule has 4 heteroatoms. The average molecular weight is 304 g/mol. The van der Waals surface area contributed by atoms with Crippen LogP contribution in [0.1, 0.15) is 23.6 Å². The molecule has 0 saturated heterocycles. The Morgan fingerprint density at radius 2 is 1.71 bits per heavy atom. The van der Waals surface area contributed by atoms with Crippen LogP contribution in [-0.4, -0.2) is 13.2 Å². The standard InChI is InChI=1S/C17H18ClNO2/c18-14-5-1-12(2-6-14)3-7-15(19)13-4-8-16-17(11-13)21-10-9-20-16/h1-2,4-6,8,11,15H,3,7,9-10,19H2. The van der Waals surface area contributed by atoms with Gasteiger partial charge in [-0.3, -0.25) is 0 Å². The summed E-state index contributed by atoms with van der Waals surface area (Å²) >= 11 is 5.89. The van der Waals surface area contributed by atoms with Gasteiger partial charge in [0.05, 0.1) is 0 Å². The van der Waals surface area contributed by atoms with Gasteiger partial charge in [0.2, 0.25) is 0 Å². The van der Waals surface area contributed by atoms with Crippen LogP contribution in [0.3, 0.4) is 0 Å². The predicted octanol–water partition coefficient (Wildman–Crippen LogP) is 3.74. The zero-order valence-corrected chi connectivity index (χ0v) is 12.5. The largest absolute Gasteiger partial charge is 0.486 e. The SMILES string of the molecule is NC(CCc1ccc(Cl)cc1)c1ccc2c(c1)OCCO2. The predicted molar refractivity (Wildman–Crippen MR) is 84.1 cm³/mol. The molecule has 21 heavy (non-hydrogen) atoms. The van der Waals surface area contributed by atoms with E-state index in [1.165, 1.54) is 5.56 Å². The van der Waals surface area contributed by atoms with E-state index in [0.29, 0.717) is 13.2 Å². The van der Waals surface area contributed by atoms with Gasteiger partial charge >= 0.3 is 0 Å². The number of fused-ring (bicyclic) bond motifs is 1. The van der Waals surface area contributed by atoms with Gasteiger partial charge in [-0.15, -0.1) is 0 Å². The van der Waals surface area contributed by atoms with E-state index in [9.17, 15) is 0 Å². The highest BCUT2D eigenvalue weighted by molar-refractivity contribution is 6.30. The van der Waals surface area contributed by atoms with E-state index in [2.05, 4.69) is 0 Å². The molecule has 0 amide bonds. The van der Waals surface area contributed by atoms with Crippen LogP contribution in [0.25, 0.3) is 0 Å². The second kappa shape index (κ2) is 6.37. The van der Waals surface area contributed by atoms with Crippen molar-refractivity contribution in [1.29, 1.82) is 0 Å². The van der Waals surface area contributed by atoms with Gasteiger partial charge in [0.15, 0.2) is 11.5 Å². The highest BCUT2D eigenvalue weighted by atomic mass is 35.5. The van der Waals surface area contributed by atoms with Crippen LogP contribution in [0.2, 0.25) is 5.02 Å². The lowest BCUT2D eigenvalue weighted by Crippen LogP contribution is -2.17. The van der Waals surface area contributed by atoms with Crippen LogP contribution in [-0.2, 0) is 6.42 Å². The molecular formula is C17H18ClNO2. The van der Waals surface area contributed by atoms with Gasteiger partial charge in [0, 0.05) is 11.1 Å². The molecule has 1 aliphatic rings. The summed E-state index contributed by atoms with van der Waals surface area (Å²) in [5.74, 6) is 1.59. The summed E-state index contributed by atoms with van der Waals surface area (Å²) in [7, 11) is 0. The van der Waals surface area contributed by atoms with Crippen molar-refractivity contribution in [2.24, 2.45) is 5.73 Å². The average Bonchev–Trinajstić information content (AvgIpc) is 2.53. The van der Waals surface area contributed by atoms with Crippen molar-refractivity contribution >= 4 is 11.6 Å². The van der Waals surface area contributed by atoms with Crippen LogP contribution in [0.4, 0.5) is 0 Å². The van der Waals surface area contributed by atoms with E-state index in [1.54, 1.807) is 0 Å². The number of benzene rings is 2. The van der Waals surface area contributed by atoms with Crippen molar-refractivity contribution in [1.82, 2.24) is 0 Å². The highest BCUT2D eigenvalue weighted by Crippen LogP contribution is 2.33. The summed E-state index contributed by atoms with van der Waals surface area (Å²) in [6.07, 6.45) is 1.80. The monoisotopic (exact) mass is 303 g/mol. The Kier molecular flexibility index (Phi) is 4.32.